The quantitative estimate of drug-likeness (QED) is 0.461. The maximum Gasteiger partial charge on any atom is 0.409 e. The van der Waals surface area contributed by atoms with Gasteiger partial charge in [0.15, 0.2) is 0 Å². The lowest BCUT2D eigenvalue weighted by molar-refractivity contribution is 0.122. The summed E-state index contributed by atoms with van der Waals surface area (Å²) in [5, 5.41) is 5.34. The van der Waals surface area contributed by atoms with Crippen LogP contribution >= 0.6 is 15.9 Å². The first-order valence-electron chi connectivity index (χ1n) is 9.30. The molecule has 0 aliphatic carbocycles. The van der Waals surface area contributed by atoms with Gasteiger partial charge in [0.25, 0.3) is 0 Å². The fourth-order valence-corrected chi connectivity index (χ4v) is 3.18. The minimum absolute atomic E-state index is 0.119. The average Bonchev–Trinajstić information content (AvgIpc) is 2.78. The zero-order chi connectivity index (χ0) is 21.2. The Hall–Kier alpha value is -3.32. The first-order chi connectivity index (χ1) is 14.6. The molecule has 30 heavy (non-hydrogen) atoms. The molecule has 0 bridgehead atoms. The number of halogens is 1. The van der Waals surface area contributed by atoms with Gasteiger partial charge >= 0.3 is 12.2 Å². The molecule has 3 rings (SSSR count). The number of carbonyl (C=O) groups is 2. The molecule has 3 aromatic carbocycles. The molecule has 0 aliphatic rings. The van der Waals surface area contributed by atoms with Crippen LogP contribution in [0.1, 0.15) is 22.9 Å². The smallest absolute Gasteiger partial charge is 0.409 e. The third-order valence-electron chi connectivity index (χ3n) is 4.17. The largest absolute Gasteiger partial charge is 0.445 e. The Balaban J connectivity index is 1.62. The number of rotatable bonds is 7. The summed E-state index contributed by atoms with van der Waals surface area (Å²) >= 11 is 3.44. The molecule has 2 amide bonds. The highest BCUT2D eigenvalue weighted by atomic mass is 79.9. The standard InChI is InChI=1S/C23H21BrN2O4/c24-20-14-8-7-13-19(20)21(25-22(27)29-15-17-9-3-1-4-10-17)26-23(28)30-16-18-11-5-2-6-12-18/h1-14,21H,15-16H2,(H,25,27)(H,26,28). The lowest BCUT2D eigenvalue weighted by Crippen LogP contribution is -2.41. The molecule has 0 unspecified atom stereocenters. The second kappa shape index (κ2) is 11.0. The molecule has 154 valence electrons. The Bertz CT molecular complexity index is 910. The molecule has 0 saturated carbocycles. The fourth-order valence-electron chi connectivity index (χ4n) is 2.67. The normalized spacial score (nSPS) is 10.3. The second-order valence-corrected chi connectivity index (χ2v) is 7.22. The van der Waals surface area contributed by atoms with Gasteiger partial charge in [-0.2, -0.15) is 0 Å². The molecule has 2 N–H and O–H groups in total. The van der Waals surface area contributed by atoms with Crippen molar-refractivity contribution in [1.82, 2.24) is 10.6 Å². The molecule has 7 heteroatoms. The molecule has 0 atom stereocenters. The molecule has 3 aromatic rings. The van der Waals surface area contributed by atoms with E-state index in [9.17, 15) is 9.59 Å². The van der Waals surface area contributed by atoms with Crippen LogP contribution in [0.5, 0.6) is 0 Å². The van der Waals surface area contributed by atoms with Crippen LogP contribution in [-0.2, 0) is 22.7 Å². The zero-order valence-corrected chi connectivity index (χ0v) is 17.7. The lowest BCUT2D eigenvalue weighted by Gasteiger charge is -2.21. The van der Waals surface area contributed by atoms with Gasteiger partial charge in [-0.1, -0.05) is 94.8 Å². The summed E-state index contributed by atoms with van der Waals surface area (Å²) in [6.07, 6.45) is -2.17. The maximum absolute atomic E-state index is 12.3. The van der Waals surface area contributed by atoms with Crippen LogP contribution in [0.25, 0.3) is 0 Å². The number of amides is 2. The molecule has 0 aromatic heterocycles. The van der Waals surface area contributed by atoms with Crippen LogP contribution in [-0.4, -0.2) is 12.2 Å². The molecule has 0 saturated heterocycles. The van der Waals surface area contributed by atoms with E-state index in [0.29, 0.717) is 5.56 Å². The van der Waals surface area contributed by atoms with Crippen molar-refractivity contribution < 1.29 is 19.1 Å². The minimum atomic E-state index is -0.841. The summed E-state index contributed by atoms with van der Waals surface area (Å²) in [5.41, 5.74) is 2.38. The number of nitrogens with one attached hydrogen (secondary N) is 2. The van der Waals surface area contributed by atoms with Crippen LogP contribution in [0.4, 0.5) is 9.59 Å². The predicted molar refractivity (Wildman–Crippen MR) is 116 cm³/mol. The summed E-state index contributed by atoms with van der Waals surface area (Å²) < 4.78 is 11.3. The van der Waals surface area contributed by atoms with Gasteiger partial charge in [0.1, 0.15) is 19.4 Å². The van der Waals surface area contributed by atoms with Crippen molar-refractivity contribution in [2.75, 3.05) is 0 Å². The van der Waals surface area contributed by atoms with E-state index in [1.165, 1.54) is 0 Å². The highest BCUT2D eigenvalue weighted by Crippen LogP contribution is 2.22. The average molecular weight is 469 g/mol. The van der Waals surface area contributed by atoms with Crippen LogP contribution < -0.4 is 10.6 Å². The minimum Gasteiger partial charge on any atom is -0.445 e. The van der Waals surface area contributed by atoms with Gasteiger partial charge in [-0.15, -0.1) is 0 Å². The third kappa shape index (κ3) is 6.63. The fraction of sp³-hybridized carbons (Fsp3) is 0.130. The summed E-state index contributed by atoms with van der Waals surface area (Å²) in [7, 11) is 0. The van der Waals surface area contributed by atoms with Crippen molar-refractivity contribution in [3.63, 3.8) is 0 Å². The van der Waals surface area contributed by atoms with Crippen molar-refractivity contribution in [3.05, 3.63) is 106 Å². The number of carbonyl (C=O) groups excluding carboxylic acids is 2. The number of hydrogen-bond donors (Lipinski definition) is 2. The van der Waals surface area contributed by atoms with E-state index in [2.05, 4.69) is 26.6 Å². The molecular formula is C23H21BrN2O4. The molecule has 0 radical (unpaired) electrons. The summed E-state index contributed by atoms with van der Waals surface area (Å²) in [5.74, 6) is 0. The Morgan fingerprint density at radius 3 is 1.60 bits per heavy atom. The molecule has 6 nitrogen and oxygen atoms in total. The lowest BCUT2D eigenvalue weighted by atomic mass is 10.2. The van der Waals surface area contributed by atoms with Gasteiger partial charge < -0.3 is 9.47 Å². The summed E-state index contributed by atoms with van der Waals surface area (Å²) in [6, 6.07) is 25.9. The van der Waals surface area contributed by atoms with E-state index in [4.69, 9.17) is 9.47 Å². The molecular weight excluding hydrogens is 448 g/mol. The van der Waals surface area contributed by atoms with E-state index in [-0.39, 0.29) is 13.2 Å². The SMILES string of the molecule is O=C(NC(NC(=O)OCc1ccccc1)c1ccccc1Br)OCc1ccccc1. The van der Waals surface area contributed by atoms with E-state index in [1.807, 2.05) is 72.8 Å². The topological polar surface area (TPSA) is 76.7 Å². The first-order valence-corrected chi connectivity index (χ1v) is 10.1. The van der Waals surface area contributed by atoms with Crippen molar-refractivity contribution in [3.8, 4) is 0 Å². The highest BCUT2D eigenvalue weighted by molar-refractivity contribution is 9.10. The van der Waals surface area contributed by atoms with Crippen molar-refractivity contribution >= 4 is 28.1 Å². The van der Waals surface area contributed by atoms with Gasteiger partial charge in [0.2, 0.25) is 0 Å². The van der Waals surface area contributed by atoms with Gasteiger partial charge in [-0.05, 0) is 17.2 Å². The first kappa shape index (κ1) is 21.4. The molecule has 0 aliphatic heterocycles. The monoisotopic (exact) mass is 468 g/mol. The van der Waals surface area contributed by atoms with E-state index in [1.54, 1.807) is 12.1 Å². The van der Waals surface area contributed by atoms with Crippen molar-refractivity contribution in [2.24, 2.45) is 0 Å². The summed E-state index contributed by atoms with van der Waals surface area (Å²) in [6.45, 7) is 0.238. The van der Waals surface area contributed by atoms with Gasteiger partial charge in [-0.25, -0.2) is 9.59 Å². The van der Waals surface area contributed by atoms with E-state index in [0.717, 1.165) is 15.6 Å². The number of hydrogen-bond acceptors (Lipinski definition) is 4. The number of benzene rings is 3. The van der Waals surface area contributed by atoms with Crippen molar-refractivity contribution in [1.29, 1.82) is 0 Å². The van der Waals surface area contributed by atoms with E-state index >= 15 is 0 Å². The number of ether oxygens (including phenoxy) is 2. The van der Waals surface area contributed by atoms with Gasteiger partial charge in [0, 0.05) is 10.0 Å². The molecule has 0 spiro atoms. The van der Waals surface area contributed by atoms with Crippen LogP contribution in [0.2, 0.25) is 0 Å². The maximum atomic E-state index is 12.3. The third-order valence-corrected chi connectivity index (χ3v) is 4.89. The van der Waals surface area contributed by atoms with Crippen LogP contribution in [0, 0.1) is 0 Å². The van der Waals surface area contributed by atoms with E-state index < -0.39 is 18.4 Å². The highest BCUT2D eigenvalue weighted by Gasteiger charge is 2.20. The molecule has 0 fully saturated rings. The second-order valence-electron chi connectivity index (χ2n) is 6.37. The van der Waals surface area contributed by atoms with Crippen molar-refractivity contribution in [2.45, 2.75) is 19.4 Å². The Morgan fingerprint density at radius 2 is 1.13 bits per heavy atom. The van der Waals surface area contributed by atoms with Crippen LogP contribution in [0.15, 0.2) is 89.4 Å². The Kier molecular flexibility index (Phi) is 7.86. The Morgan fingerprint density at radius 1 is 0.700 bits per heavy atom. The predicted octanol–water partition coefficient (Wildman–Crippen LogP) is 5.30. The zero-order valence-electron chi connectivity index (χ0n) is 16.1. The molecule has 0 heterocycles. The van der Waals surface area contributed by atoms with Crippen LogP contribution in [0.3, 0.4) is 0 Å². The van der Waals surface area contributed by atoms with Gasteiger partial charge in [-0.3, -0.25) is 10.6 Å². The number of alkyl carbamates (subject to hydrolysis) is 2. The van der Waals surface area contributed by atoms with Gasteiger partial charge in [0.05, 0.1) is 0 Å². The summed E-state index contributed by atoms with van der Waals surface area (Å²) in [4.78, 5) is 24.7. The Labute approximate surface area is 183 Å².